The van der Waals surface area contributed by atoms with E-state index in [0.717, 1.165) is 17.1 Å². The number of ether oxygens (including phenoxy) is 1. The Morgan fingerprint density at radius 1 is 1.14 bits per heavy atom. The predicted octanol–water partition coefficient (Wildman–Crippen LogP) is 4.08. The monoisotopic (exact) mass is 400 g/mol. The van der Waals surface area contributed by atoms with Crippen molar-refractivity contribution in [2.75, 3.05) is 13.6 Å². The van der Waals surface area contributed by atoms with E-state index < -0.39 is 11.7 Å². The maximum Gasteiger partial charge on any atom is 0.408 e. The molecule has 7 nitrogen and oxygen atoms in total. The molecule has 2 unspecified atom stereocenters. The first-order chi connectivity index (χ1) is 13.7. The highest BCUT2D eigenvalue weighted by molar-refractivity contribution is 5.80. The quantitative estimate of drug-likeness (QED) is 0.502. The zero-order valence-electron chi connectivity index (χ0n) is 18.1. The number of rotatable bonds is 6. The van der Waals surface area contributed by atoms with E-state index in [1.54, 1.807) is 7.05 Å². The molecule has 0 saturated heterocycles. The Morgan fingerprint density at radius 3 is 2.38 bits per heavy atom. The number of carbonyl (C=O) groups excluding carboxylic acids is 1. The summed E-state index contributed by atoms with van der Waals surface area (Å²) >= 11 is 0. The molecule has 2 atom stereocenters. The summed E-state index contributed by atoms with van der Waals surface area (Å²) in [6.07, 6.45) is -0.462. The molecule has 1 aromatic heterocycles. The van der Waals surface area contributed by atoms with Crippen molar-refractivity contribution in [1.29, 1.82) is 0 Å². The van der Waals surface area contributed by atoms with Crippen LogP contribution in [-0.4, -0.2) is 31.2 Å². The summed E-state index contributed by atoms with van der Waals surface area (Å²) < 4.78 is 11.1. The summed E-state index contributed by atoms with van der Waals surface area (Å²) in [4.78, 5) is 16.6. The lowest BCUT2D eigenvalue weighted by molar-refractivity contribution is 0.0504. The highest BCUT2D eigenvalue weighted by atomic mass is 16.6. The molecule has 3 N–H and O–H groups in total. The first-order valence-corrected chi connectivity index (χ1v) is 9.76. The average Bonchev–Trinajstić information content (AvgIpc) is 3.09. The van der Waals surface area contributed by atoms with Gasteiger partial charge in [0, 0.05) is 13.6 Å². The molecule has 0 fully saturated rings. The number of nitrogens with one attached hydrogen (secondary N) is 3. The van der Waals surface area contributed by atoms with Gasteiger partial charge in [-0.05, 0) is 52.3 Å². The molecule has 1 amide bonds. The zero-order valence-corrected chi connectivity index (χ0v) is 18.1. The number of guanidine groups is 1. The molecule has 2 rings (SSSR count). The normalized spacial score (nSPS) is 14.1. The Bertz CT molecular complexity index is 809. The van der Waals surface area contributed by atoms with Gasteiger partial charge in [0.2, 0.25) is 0 Å². The van der Waals surface area contributed by atoms with Crippen LogP contribution in [0.1, 0.15) is 56.9 Å². The highest BCUT2D eigenvalue weighted by Gasteiger charge is 2.21. The highest BCUT2D eigenvalue weighted by Crippen LogP contribution is 2.16. The molecule has 7 heteroatoms. The van der Waals surface area contributed by atoms with Crippen LogP contribution in [-0.2, 0) is 4.74 Å². The largest absolute Gasteiger partial charge is 0.464 e. The molecule has 1 heterocycles. The van der Waals surface area contributed by atoms with E-state index in [1.807, 2.05) is 77.1 Å². The number of aryl methyl sites for hydroxylation is 1. The molecule has 0 bridgehead atoms. The maximum absolute atomic E-state index is 12.3. The molecule has 0 aliphatic rings. The van der Waals surface area contributed by atoms with Crippen LogP contribution >= 0.6 is 0 Å². The molecule has 0 saturated carbocycles. The van der Waals surface area contributed by atoms with E-state index >= 15 is 0 Å². The van der Waals surface area contributed by atoms with Crippen LogP contribution in [0.5, 0.6) is 0 Å². The molecular weight excluding hydrogens is 368 g/mol. The topological polar surface area (TPSA) is 87.9 Å². The standard InChI is InChI=1S/C22H32N4O3/c1-15-12-13-19(28-15)16(2)25-20(23-6)24-14-18(17-10-8-7-9-11-17)26-21(27)29-22(3,4)5/h7-13,16,18H,14H2,1-6H3,(H,26,27)(H2,23,24,25). The molecule has 0 aliphatic carbocycles. The summed E-state index contributed by atoms with van der Waals surface area (Å²) in [5.41, 5.74) is 0.406. The van der Waals surface area contributed by atoms with Crippen molar-refractivity contribution in [1.82, 2.24) is 16.0 Å². The number of alkyl carbamates (subject to hydrolysis) is 1. The van der Waals surface area contributed by atoms with Gasteiger partial charge in [0.25, 0.3) is 0 Å². The summed E-state index contributed by atoms with van der Waals surface area (Å²) in [5.74, 6) is 2.30. The summed E-state index contributed by atoms with van der Waals surface area (Å²) in [6.45, 7) is 9.87. The number of benzene rings is 1. The molecule has 2 aromatic rings. The molecule has 158 valence electrons. The lowest BCUT2D eigenvalue weighted by Crippen LogP contribution is -2.44. The van der Waals surface area contributed by atoms with Crippen LogP contribution in [0.2, 0.25) is 0 Å². The van der Waals surface area contributed by atoms with Gasteiger partial charge < -0.3 is 25.1 Å². The van der Waals surface area contributed by atoms with E-state index in [-0.39, 0.29) is 12.1 Å². The van der Waals surface area contributed by atoms with E-state index in [9.17, 15) is 4.79 Å². The molecule has 1 aromatic carbocycles. The maximum atomic E-state index is 12.3. The van der Waals surface area contributed by atoms with Gasteiger partial charge in [0.05, 0.1) is 12.1 Å². The van der Waals surface area contributed by atoms with Crippen LogP contribution in [0.4, 0.5) is 4.79 Å². The minimum atomic E-state index is -0.563. The Balaban J connectivity index is 2.02. The van der Waals surface area contributed by atoms with Crippen molar-refractivity contribution in [2.24, 2.45) is 4.99 Å². The summed E-state index contributed by atoms with van der Waals surface area (Å²) in [5, 5.41) is 9.50. The Hall–Kier alpha value is -2.96. The number of carbonyl (C=O) groups is 1. The molecule has 0 spiro atoms. The van der Waals surface area contributed by atoms with Crippen molar-refractivity contribution in [2.45, 2.75) is 52.3 Å². The number of amides is 1. The molecule has 0 aliphatic heterocycles. The summed E-state index contributed by atoms with van der Waals surface area (Å²) in [6, 6.07) is 13.3. The molecular formula is C22H32N4O3. The van der Waals surface area contributed by atoms with Crippen LogP contribution < -0.4 is 16.0 Å². The van der Waals surface area contributed by atoms with Crippen LogP contribution in [0.15, 0.2) is 51.9 Å². The second-order valence-corrected chi connectivity index (χ2v) is 7.88. The van der Waals surface area contributed by atoms with Crippen molar-refractivity contribution < 1.29 is 13.9 Å². The third-order valence-corrected chi connectivity index (χ3v) is 4.13. The third-order valence-electron chi connectivity index (χ3n) is 4.13. The first kappa shape index (κ1) is 22.3. The van der Waals surface area contributed by atoms with Crippen LogP contribution in [0, 0.1) is 6.92 Å². The van der Waals surface area contributed by atoms with Crippen LogP contribution in [0.25, 0.3) is 0 Å². The number of aliphatic imine (C=N–C) groups is 1. The molecule has 29 heavy (non-hydrogen) atoms. The average molecular weight is 401 g/mol. The Morgan fingerprint density at radius 2 is 1.83 bits per heavy atom. The molecule has 0 radical (unpaired) electrons. The van der Waals surface area contributed by atoms with E-state index in [2.05, 4.69) is 20.9 Å². The minimum absolute atomic E-state index is 0.0520. The fourth-order valence-corrected chi connectivity index (χ4v) is 2.74. The van der Waals surface area contributed by atoms with Gasteiger partial charge in [0.15, 0.2) is 5.96 Å². The van der Waals surface area contributed by atoms with Gasteiger partial charge in [0.1, 0.15) is 17.1 Å². The van der Waals surface area contributed by atoms with Gasteiger partial charge in [-0.25, -0.2) is 4.79 Å². The Kier molecular flexibility index (Phi) is 7.70. The first-order valence-electron chi connectivity index (χ1n) is 9.76. The summed E-state index contributed by atoms with van der Waals surface area (Å²) in [7, 11) is 1.70. The fraction of sp³-hybridized carbons (Fsp3) is 0.455. The number of hydrogen-bond acceptors (Lipinski definition) is 4. The van der Waals surface area contributed by atoms with Crippen LogP contribution in [0.3, 0.4) is 0 Å². The van der Waals surface area contributed by atoms with Crippen molar-refractivity contribution >= 4 is 12.1 Å². The predicted molar refractivity (Wildman–Crippen MR) is 115 cm³/mol. The van der Waals surface area contributed by atoms with Crippen molar-refractivity contribution in [3.8, 4) is 0 Å². The number of furan rings is 1. The number of nitrogens with zero attached hydrogens (tertiary/aromatic N) is 1. The van der Waals surface area contributed by atoms with Crippen molar-refractivity contribution in [3.05, 3.63) is 59.5 Å². The second kappa shape index (κ2) is 10.0. The lowest BCUT2D eigenvalue weighted by Gasteiger charge is -2.25. The van der Waals surface area contributed by atoms with Gasteiger partial charge >= 0.3 is 6.09 Å². The van der Waals surface area contributed by atoms with E-state index in [4.69, 9.17) is 9.15 Å². The van der Waals surface area contributed by atoms with Crippen molar-refractivity contribution in [3.63, 3.8) is 0 Å². The van der Waals surface area contributed by atoms with E-state index in [1.165, 1.54) is 0 Å². The third kappa shape index (κ3) is 7.52. The minimum Gasteiger partial charge on any atom is -0.464 e. The fourth-order valence-electron chi connectivity index (χ4n) is 2.74. The van der Waals surface area contributed by atoms with Gasteiger partial charge in [-0.3, -0.25) is 4.99 Å². The zero-order chi connectivity index (χ0) is 21.4. The van der Waals surface area contributed by atoms with Gasteiger partial charge in [-0.15, -0.1) is 0 Å². The van der Waals surface area contributed by atoms with Gasteiger partial charge in [-0.2, -0.15) is 0 Å². The number of hydrogen-bond donors (Lipinski definition) is 3. The van der Waals surface area contributed by atoms with E-state index in [0.29, 0.717) is 12.5 Å². The SMILES string of the molecule is CN=C(NCC(NC(=O)OC(C)(C)C)c1ccccc1)NC(C)c1ccc(C)o1. The smallest absolute Gasteiger partial charge is 0.408 e. The Labute approximate surface area is 172 Å². The van der Waals surface area contributed by atoms with Gasteiger partial charge in [-0.1, -0.05) is 30.3 Å². The second-order valence-electron chi connectivity index (χ2n) is 7.88. The lowest BCUT2D eigenvalue weighted by atomic mass is 10.1.